The summed E-state index contributed by atoms with van der Waals surface area (Å²) in [4.78, 5) is 2.15. The molecule has 18 heavy (non-hydrogen) atoms. The summed E-state index contributed by atoms with van der Waals surface area (Å²) in [6.45, 7) is 5.19. The predicted molar refractivity (Wildman–Crippen MR) is 76.0 cm³/mol. The summed E-state index contributed by atoms with van der Waals surface area (Å²) >= 11 is 0. The summed E-state index contributed by atoms with van der Waals surface area (Å²) in [5.74, 6) is 0.905. The van der Waals surface area contributed by atoms with Crippen LogP contribution in [0.1, 0.15) is 18.5 Å². The molecular formula is C14H25N3O. The lowest BCUT2D eigenvalue weighted by atomic mass is 10.1. The van der Waals surface area contributed by atoms with Crippen LogP contribution in [0.5, 0.6) is 5.75 Å². The van der Waals surface area contributed by atoms with Gasteiger partial charge in [0.25, 0.3) is 0 Å². The third-order valence-corrected chi connectivity index (χ3v) is 2.76. The van der Waals surface area contributed by atoms with Crippen LogP contribution in [-0.4, -0.2) is 45.2 Å². The lowest BCUT2D eigenvalue weighted by molar-refractivity contribution is 0.339. The lowest BCUT2D eigenvalue weighted by Gasteiger charge is -2.19. The molecule has 1 atom stereocenters. The van der Waals surface area contributed by atoms with Crippen LogP contribution in [0.15, 0.2) is 24.3 Å². The number of hydrogen-bond donors (Lipinski definition) is 2. The maximum absolute atomic E-state index is 5.83. The molecule has 0 bridgehead atoms. The molecule has 4 nitrogen and oxygen atoms in total. The number of rotatable bonds is 8. The largest absolute Gasteiger partial charge is 0.494 e. The SMILES string of the molecule is CCOc1cccc(C(CN)NCCN(C)C)c1. The lowest BCUT2D eigenvalue weighted by Crippen LogP contribution is -2.33. The van der Waals surface area contributed by atoms with Crippen LogP contribution in [0.2, 0.25) is 0 Å². The summed E-state index contributed by atoms with van der Waals surface area (Å²) in [5, 5.41) is 3.46. The average Bonchev–Trinajstić information content (AvgIpc) is 2.35. The quantitative estimate of drug-likeness (QED) is 0.730. The molecule has 102 valence electrons. The number of ether oxygens (including phenoxy) is 1. The van der Waals surface area contributed by atoms with E-state index in [0.29, 0.717) is 13.2 Å². The molecule has 0 heterocycles. The van der Waals surface area contributed by atoms with E-state index >= 15 is 0 Å². The van der Waals surface area contributed by atoms with Crippen molar-refractivity contribution in [1.29, 1.82) is 0 Å². The van der Waals surface area contributed by atoms with Gasteiger partial charge in [-0.2, -0.15) is 0 Å². The first-order valence-electron chi connectivity index (χ1n) is 6.48. The Labute approximate surface area is 110 Å². The maximum atomic E-state index is 5.83. The van der Waals surface area contributed by atoms with E-state index < -0.39 is 0 Å². The second kappa shape index (κ2) is 8.08. The Morgan fingerprint density at radius 1 is 1.39 bits per heavy atom. The molecule has 1 unspecified atom stereocenters. The van der Waals surface area contributed by atoms with Gasteiger partial charge in [0.2, 0.25) is 0 Å². The van der Waals surface area contributed by atoms with Gasteiger partial charge in [-0.3, -0.25) is 0 Å². The van der Waals surface area contributed by atoms with Gasteiger partial charge in [0.1, 0.15) is 5.75 Å². The first-order valence-corrected chi connectivity index (χ1v) is 6.48. The van der Waals surface area contributed by atoms with Crippen LogP contribution < -0.4 is 15.8 Å². The minimum Gasteiger partial charge on any atom is -0.494 e. The Hall–Kier alpha value is -1.10. The van der Waals surface area contributed by atoms with Crippen molar-refractivity contribution in [3.8, 4) is 5.75 Å². The minimum atomic E-state index is 0.186. The summed E-state index contributed by atoms with van der Waals surface area (Å²) in [5.41, 5.74) is 7.01. The van der Waals surface area contributed by atoms with Gasteiger partial charge in [0.15, 0.2) is 0 Å². The summed E-state index contributed by atoms with van der Waals surface area (Å²) in [7, 11) is 4.13. The minimum absolute atomic E-state index is 0.186. The van der Waals surface area contributed by atoms with Crippen molar-refractivity contribution in [2.75, 3.05) is 40.3 Å². The number of nitrogens with one attached hydrogen (secondary N) is 1. The highest BCUT2D eigenvalue weighted by Gasteiger charge is 2.09. The Kier molecular flexibility index (Phi) is 6.72. The van der Waals surface area contributed by atoms with Gasteiger partial charge in [-0.1, -0.05) is 12.1 Å². The van der Waals surface area contributed by atoms with E-state index in [9.17, 15) is 0 Å². The Morgan fingerprint density at radius 3 is 2.78 bits per heavy atom. The molecule has 0 spiro atoms. The van der Waals surface area contributed by atoms with Gasteiger partial charge in [0.05, 0.1) is 6.61 Å². The molecule has 0 aliphatic carbocycles. The van der Waals surface area contributed by atoms with Crippen molar-refractivity contribution < 1.29 is 4.74 Å². The molecule has 0 amide bonds. The van der Waals surface area contributed by atoms with Gasteiger partial charge < -0.3 is 20.7 Å². The van der Waals surface area contributed by atoms with Gasteiger partial charge in [-0.15, -0.1) is 0 Å². The van der Waals surface area contributed by atoms with Crippen LogP contribution in [0.4, 0.5) is 0 Å². The van der Waals surface area contributed by atoms with Crippen LogP contribution in [0, 0.1) is 0 Å². The number of benzene rings is 1. The molecule has 1 aromatic carbocycles. The Morgan fingerprint density at radius 2 is 2.17 bits per heavy atom. The summed E-state index contributed by atoms with van der Waals surface area (Å²) < 4.78 is 5.51. The first kappa shape index (κ1) is 15.0. The second-order valence-electron chi connectivity index (χ2n) is 4.55. The third kappa shape index (κ3) is 5.04. The zero-order chi connectivity index (χ0) is 13.4. The standard InChI is InChI=1S/C14H25N3O/c1-4-18-13-7-5-6-12(10-13)14(11-15)16-8-9-17(2)3/h5-7,10,14,16H,4,8-9,11,15H2,1-3H3. The van der Waals surface area contributed by atoms with E-state index in [2.05, 4.69) is 36.4 Å². The number of likely N-dealkylation sites (N-methyl/N-ethyl adjacent to an activating group) is 1. The molecule has 3 N–H and O–H groups in total. The fourth-order valence-corrected chi connectivity index (χ4v) is 1.79. The van der Waals surface area contributed by atoms with Crippen LogP contribution in [-0.2, 0) is 0 Å². The molecule has 1 aromatic rings. The molecule has 0 saturated carbocycles. The van der Waals surface area contributed by atoms with E-state index in [1.165, 1.54) is 5.56 Å². The van der Waals surface area contributed by atoms with Gasteiger partial charge >= 0.3 is 0 Å². The van der Waals surface area contributed by atoms with Crippen LogP contribution >= 0.6 is 0 Å². The molecule has 1 rings (SSSR count). The number of hydrogen-bond acceptors (Lipinski definition) is 4. The van der Waals surface area contributed by atoms with Crippen molar-refractivity contribution in [2.24, 2.45) is 5.73 Å². The Balaban J connectivity index is 2.60. The average molecular weight is 251 g/mol. The van der Waals surface area contributed by atoms with E-state index in [1.807, 2.05) is 19.1 Å². The predicted octanol–water partition coefficient (Wildman–Crippen LogP) is 1.24. The van der Waals surface area contributed by atoms with E-state index in [0.717, 1.165) is 18.8 Å². The number of nitrogens with zero attached hydrogens (tertiary/aromatic N) is 1. The smallest absolute Gasteiger partial charge is 0.119 e. The van der Waals surface area contributed by atoms with Crippen molar-refractivity contribution in [3.63, 3.8) is 0 Å². The third-order valence-electron chi connectivity index (χ3n) is 2.76. The Bertz CT molecular complexity index is 342. The zero-order valence-electron chi connectivity index (χ0n) is 11.6. The highest BCUT2D eigenvalue weighted by Crippen LogP contribution is 2.18. The first-order chi connectivity index (χ1) is 8.67. The second-order valence-corrected chi connectivity index (χ2v) is 4.55. The maximum Gasteiger partial charge on any atom is 0.119 e. The normalized spacial score (nSPS) is 12.7. The van der Waals surface area contributed by atoms with Crippen molar-refractivity contribution in [2.45, 2.75) is 13.0 Å². The van der Waals surface area contributed by atoms with Crippen molar-refractivity contribution in [3.05, 3.63) is 29.8 Å². The van der Waals surface area contributed by atoms with Crippen molar-refractivity contribution in [1.82, 2.24) is 10.2 Å². The molecule has 0 aliphatic heterocycles. The topological polar surface area (TPSA) is 50.5 Å². The van der Waals surface area contributed by atoms with Crippen LogP contribution in [0.25, 0.3) is 0 Å². The highest BCUT2D eigenvalue weighted by molar-refractivity contribution is 5.30. The van der Waals surface area contributed by atoms with Crippen molar-refractivity contribution >= 4 is 0 Å². The molecule has 0 radical (unpaired) electrons. The van der Waals surface area contributed by atoms with Gasteiger partial charge in [-0.05, 0) is 38.7 Å². The van der Waals surface area contributed by atoms with E-state index in [4.69, 9.17) is 10.5 Å². The molecule has 0 aromatic heterocycles. The van der Waals surface area contributed by atoms with E-state index in [1.54, 1.807) is 0 Å². The molecule has 4 heteroatoms. The summed E-state index contributed by atoms with van der Waals surface area (Å²) in [6.07, 6.45) is 0. The van der Waals surface area contributed by atoms with Gasteiger partial charge in [-0.25, -0.2) is 0 Å². The fourth-order valence-electron chi connectivity index (χ4n) is 1.79. The molecule has 0 saturated heterocycles. The number of nitrogens with two attached hydrogens (primary N) is 1. The van der Waals surface area contributed by atoms with Crippen LogP contribution in [0.3, 0.4) is 0 Å². The molecule has 0 fully saturated rings. The summed E-state index contributed by atoms with van der Waals surface area (Å²) in [6, 6.07) is 8.31. The molecule has 0 aliphatic rings. The van der Waals surface area contributed by atoms with Gasteiger partial charge in [0, 0.05) is 25.7 Å². The zero-order valence-corrected chi connectivity index (χ0v) is 11.6. The highest BCUT2D eigenvalue weighted by atomic mass is 16.5. The molecular weight excluding hydrogens is 226 g/mol. The fraction of sp³-hybridized carbons (Fsp3) is 0.571. The van der Waals surface area contributed by atoms with E-state index in [-0.39, 0.29) is 6.04 Å². The monoisotopic (exact) mass is 251 g/mol.